The number of carbonyl (C=O) groups is 1. The van der Waals surface area contributed by atoms with Crippen molar-refractivity contribution in [2.45, 2.75) is 50.7 Å². The van der Waals surface area contributed by atoms with E-state index in [1.807, 2.05) is 4.90 Å². The Labute approximate surface area is 103 Å². The van der Waals surface area contributed by atoms with Crippen LogP contribution in [0.2, 0.25) is 0 Å². The molecular formula is C13H24N2O2. The summed E-state index contributed by atoms with van der Waals surface area (Å²) in [4.78, 5) is 14.4. The van der Waals surface area contributed by atoms with Gasteiger partial charge in [0.2, 0.25) is 0 Å². The topological polar surface area (TPSA) is 55.6 Å². The van der Waals surface area contributed by atoms with Crippen molar-refractivity contribution in [3.63, 3.8) is 0 Å². The zero-order valence-electron chi connectivity index (χ0n) is 10.7. The number of hydrogen-bond donors (Lipinski definition) is 1. The highest BCUT2D eigenvalue weighted by Gasteiger charge is 2.37. The molecular weight excluding hydrogens is 216 g/mol. The van der Waals surface area contributed by atoms with Gasteiger partial charge in [0.05, 0.1) is 0 Å². The number of hydrogen-bond acceptors (Lipinski definition) is 3. The first-order valence-corrected chi connectivity index (χ1v) is 6.81. The van der Waals surface area contributed by atoms with E-state index >= 15 is 0 Å². The van der Waals surface area contributed by atoms with Crippen LogP contribution in [0, 0.1) is 5.92 Å². The molecule has 4 nitrogen and oxygen atoms in total. The molecule has 1 heterocycles. The van der Waals surface area contributed by atoms with Crippen LogP contribution in [0.1, 0.15) is 38.5 Å². The van der Waals surface area contributed by atoms with Gasteiger partial charge in [-0.05, 0) is 31.6 Å². The molecule has 0 bridgehead atoms. The first-order valence-electron chi connectivity index (χ1n) is 6.81. The molecule has 1 aliphatic carbocycles. The number of fused-ring (bicyclic) bond motifs is 1. The molecule has 1 saturated carbocycles. The molecule has 0 aromatic heterocycles. The monoisotopic (exact) mass is 240 g/mol. The average molecular weight is 240 g/mol. The van der Waals surface area contributed by atoms with Crippen LogP contribution in [0.25, 0.3) is 0 Å². The van der Waals surface area contributed by atoms with Gasteiger partial charge < -0.3 is 15.4 Å². The normalized spacial score (nSPS) is 30.8. The molecule has 4 heteroatoms. The van der Waals surface area contributed by atoms with Crippen molar-refractivity contribution in [2.75, 3.05) is 20.2 Å². The van der Waals surface area contributed by atoms with Crippen molar-refractivity contribution in [3.05, 3.63) is 0 Å². The van der Waals surface area contributed by atoms with Gasteiger partial charge in [0, 0.05) is 26.2 Å². The molecule has 0 aromatic carbocycles. The zero-order valence-corrected chi connectivity index (χ0v) is 10.7. The predicted molar refractivity (Wildman–Crippen MR) is 66.5 cm³/mol. The van der Waals surface area contributed by atoms with Crippen molar-refractivity contribution in [1.29, 1.82) is 0 Å². The smallest absolute Gasteiger partial charge is 0.253 e. The van der Waals surface area contributed by atoms with Crippen LogP contribution in [0.3, 0.4) is 0 Å². The molecule has 0 aromatic rings. The highest BCUT2D eigenvalue weighted by Crippen LogP contribution is 2.35. The fourth-order valence-electron chi connectivity index (χ4n) is 3.38. The second-order valence-corrected chi connectivity index (χ2v) is 5.25. The number of carbonyl (C=O) groups excluding carboxylic acids is 1. The molecule has 0 spiro atoms. The third-order valence-corrected chi connectivity index (χ3v) is 4.30. The molecule has 2 N–H and O–H groups in total. The van der Waals surface area contributed by atoms with Crippen LogP contribution in [0.5, 0.6) is 0 Å². The number of nitrogens with two attached hydrogens (primary N) is 1. The van der Waals surface area contributed by atoms with Crippen LogP contribution >= 0.6 is 0 Å². The molecule has 1 aliphatic heterocycles. The maximum absolute atomic E-state index is 12.3. The van der Waals surface area contributed by atoms with Crippen LogP contribution in [0.4, 0.5) is 0 Å². The summed E-state index contributed by atoms with van der Waals surface area (Å²) in [5, 5.41) is 0. The van der Waals surface area contributed by atoms with Crippen LogP contribution < -0.4 is 5.73 Å². The summed E-state index contributed by atoms with van der Waals surface area (Å²) in [5.74, 6) is 0.823. The van der Waals surface area contributed by atoms with Gasteiger partial charge in [0.1, 0.15) is 6.10 Å². The summed E-state index contributed by atoms with van der Waals surface area (Å²) in [7, 11) is 1.57. The Morgan fingerprint density at radius 1 is 1.35 bits per heavy atom. The van der Waals surface area contributed by atoms with Crippen molar-refractivity contribution in [3.8, 4) is 0 Å². The summed E-state index contributed by atoms with van der Waals surface area (Å²) in [6.45, 7) is 1.17. The molecule has 2 rings (SSSR count). The Kier molecular flexibility index (Phi) is 4.40. The summed E-state index contributed by atoms with van der Waals surface area (Å²) in [6, 6.07) is 0.453. The Hall–Kier alpha value is -0.610. The average Bonchev–Trinajstić information content (AvgIpc) is 2.39. The molecule has 1 unspecified atom stereocenters. The van der Waals surface area contributed by atoms with Crippen LogP contribution in [0.15, 0.2) is 0 Å². The summed E-state index contributed by atoms with van der Waals surface area (Å²) >= 11 is 0. The number of ether oxygens (including phenoxy) is 1. The lowest BCUT2D eigenvalue weighted by Gasteiger charge is -2.45. The quantitative estimate of drug-likeness (QED) is 0.805. The molecule has 1 saturated heterocycles. The van der Waals surface area contributed by atoms with E-state index in [-0.39, 0.29) is 12.5 Å². The van der Waals surface area contributed by atoms with Gasteiger partial charge in [0.25, 0.3) is 5.91 Å². The fraction of sp³-hybridized carbons (Fsp3) is 0.923. The highest BCUT2D eigenvalue weighted by molar-refractivity contribution is 5.81. The number of piperidine rings is 1. The molecule has 17 heavy (non-hydrogen) atoms. The summed E-state index contributed by atoms with van der Waals surface area (Å²) < 4.78 is 5.18. The maximum atomic E-state index is 12.3. The third kappa shape index (κ3) is 2.63. The second kappa shape index (κ2) is 5.83. The van der Waals surface area contributed by atoms with Gasteiger partial charge in [0.15, 0.2) is 0 Å². The molecule has 3 atom stereocenters. The molecule has 98 valence electrons. The number of rotatable bonds is 3. The third-order valence-electron chi connectivity index (χ3n) is 4.30. The van der Waals surface area contributed by atoms with Crippen molar-refractivity contribution >= 4 is 5.91 Å². The van der Waals surface area contributed by atoms with E-state index in [1.54, 1.807) is 7.11 Å². The SMILES string of the molecule is COC(CN)C(=O)N1CCC[C@H]2CCCC[C@H]21. The minimum Gasteiger partial charge on any atom is -0.370 e. The Morgan fingerprint density at radius 2 is 2.06 bits per heavy atom. The maximum Gasteiger partial charge on any atom is 0.253 e. The standard InChI is InChI=1S/C13H24N2O2/c1-17-12(9-14)13(16)15-8-4-6-10-5-2-3-7-11(10)15/h10-12H,2-9,14H2,1H3/t10-,11-,12?/m1/s1. The highest BCUT2D eigenvalue weighted by atomic mass is 16.5. The van der Waals surface area contributed by atoms with Gasteiger partial charge in [-0.1, -0.05) is 12.8 Å². The van der Waals surface area contributed by atoms with E-state index in [1.165, 1.54) is 25.7 Å². The van der Waals surface area contributed by atoms with E-state index in [0.29, 0.717) is 6.04 Å². The molecule has 1 amide bonds. The number of methoxy groups -OCH3 is 1. The first kappa shape index (κ1) is 12.8. The van der Waals surface area contributed by atoms with Crippen molar-refractivity contribution in [2.24, 2.45) is 11.7 Å². The van der Waals surface area contributed by atoms with Gasteiger partial charge in [-0.2, -0.15) is 0 Å². The summed E-state index contributed by atoms with van der Waals surface area (Å²) in [6.07, 6.45) is 7.00. The largest absolute Gasteiger partial charge is 0.370 e. The summed E-state index contributed by atoms with van der Waals surface area (Å²) in [5.41, 5.74) is 5.59. The molecule has 2 fully saturated rings. The number of nitrogens with zero attached hydrogens (tertiary/aromatic N) is 1. The van der Waals surface area contributed by atoms with Crippen molar-refractivity contribution in [1.82, 2.24) is 4.90 Å². The lowest BCUT2D eigenvalue weighted by Crippen LogP contribution is -2.54. The van der Waals surface area contributed by atoms with Gasteiger partial charge >= 0.3 is 0 Å². The fourth-order valence-corrected chi connectivity index (χ4v) is 3.38. The predicted octanol–water partition coefficient (Wildman–Crippen LogP) is 1.14. The Balaban J connectivity index is 2.05. The van der Waals surface area contributed by atoms with E-state index < -0.39 is 6.10 Å². The van der Waals surface area contributed by atoms with E-state index in [9.17, 15) is 4.79 Å². The zero-order chi connectivity index (χ0) is 12.3. The van der Waals surface area contributed by atoms with E-state index in [4.69, 9.17) is 10.5 Å². The van der Waals surface area contributed by atoms with Crippen LogP contribution in [-0.2, 0) is 9.53 Å². The van der Waals surface area contributed by atoms with Gasteiger partial charge in [-0.25, -0.2) is 0 Å². The number of likely N-dealkylation sites (tertiary alicyclic amines) is 1. The van der Waals surface area contributed by atoms with Crippen molar-refractivity contribution < 1.29 is 9.53 Å². The van der Waals surface area contributed by atoms with E-state index in [0.717, 1.165) is 25.3 Å². The molecule has 2 aliphatic rings. The lowest BCUT2D eigenvalue weighted by atomic mass is 9.78. The molecule has 0 radical (unpaired) electrons. The van der Waals surface area contributed by atoms with Gasteiger partial charge in [-0.3, -0.25) is 4.79 Å². The lowest BCUT2D eigenvalue weighted by molar-refractivity contribution is -0.147. The van der Waals surface area contributed by atoms with Crippen LogP contribution in [-0.4, -0.2) is 43.2 Å². The Bertz CT molecular complexity index is 264. The minimum atomic E-state index is -0.448. The van der Waals surface area contributed by atoms with E-state index in [2.05, 4.69) is 0 Å². The first-order chi connectivity index (χ1) is 8.27. The van der Waals surface area contributed by atoms with Gasteiger partial charge in [-0.15, -0.1) is 0 Å². The second-order valence-electron chi connectivity index (χ2n) is 5.25. The minimum absolute atomic E-state index is 0.103. The number of amides is 1. The Morgan fingerprint density at radius 3 is 2.76 bits per heavy atom.